The van der Waals surface area contributed by atoms with Crippen LogP contribution >= 0.6 is 0 Å². The molecule has 0 atom stereocenters. The monoisotopic (exact) mass is 313 g/mol. The second-order valence-corrected chi connectivity index (χ2v) is 6.27. The Morgan fingerprint density at radius 1 is 1.27 bits per heavy atom. The zero-order chi connectivity index (χ0) is 16.8. The average molecular weight is 313 g/mol. The second kappa shape index (κ2) is 8.00. The normalized spacial score (nSPS) is 17.1. The van der Waals surface area contributed by atoms with Crippen LogP contribution in [0.25, 0.3) is 0 Å². The third-order valence-corrected chi connectivity index (χ3v) is 3.35. The third kappa shape index (κ3) is 5.91. The first-order valence-corrected chi connectivity index (χ1v) is 7.52. The van der Waals surface area contributed by atoms with Crippen LogP contribution in [0.1, 0.15) is 33.6 Å². The van der Waals surface area contributed by atoms with Crippen LogP contribution in [-0.2, 0) is 19.1 Å². The van der Waals surface area contributed by atoms with Gasteiger partial charge in [0.25, 0.3) is 0 Å². The maximum absolute atomic E-state index is 11.7. The minimum atomic E-state index is -0.499. The molecule has 0 spiro atoms. The smallest absolute Gasteiger partial charge is 0.325 e. The van der Waals surface area contributed by atoms with E-state index in [1.165, 1.54) is 7.11 Å². The van der Waals surface area contributed by atoms with Gasteiger partial charge in [-0.3, -0.25) is 14.6 Å². The van der Waals surface area contributed by atoms with Crippen molar-refractivity contribution in [3.63, 3.8) is 0 Å². The Bertz CT molecular complexity index is 421. The van der Waals surface area contributed by atoms with Gasteiger partial charge in [0.2, 0.25) is 0 Å². The number of piperidine rings is 1. The van der Waals surface area contributed by atoms with Gasteiger partial charge in [-0.2, -0.15) is 0 Å². The summed E-state index contributed by atoms with van der Waals surface area (Å²) in [5.41, 5.74) is -0.499. The Hall–Kier alpha value is -1.79. The molecule has 0 aromatic heterocycles. The first-order valence-electron chi connectivity index (χ1n) is 7.52. The maximum Gasteiger partial charge on any atom is 0.325 e. The molecule has 0 saturated carbocycles. The summed E-state index contributed by atoms with van der Waals surface area (Å²) in [4.78, 5) is 29.4. The molecule has 0 radical (unpaired) electrons. The van der Waals surface area contributed by atoms with Crippen LogP contribution in [-0.4, -0.2) is 62.2 Å². The number of hydrogen-bond acceptors (Lipinski definition) is 5. The third-order valence-electron chi connectivity index (χ3n) is 3.35. The van der Waals surface area contributed by atoms with E-state index in [0.717, 1.165) is 12.8 Å². The average Bonchev–Trinajstić information content (AvgIpc) is 2.46. The minimum Gasteiger partial charge on any atom is -0.469 e. The van der Waals surface area contributed by atoms with E-state index in [2.05, 4.69) is 10.3 Å². The summed E-state index contributed by atoms with van der Waals surface area (Å²) in [7, 11) is 3.08. The maximum atomic E-state index is 11.7. The molecule has 1 aliphatic rings. The number of methoxy groups -OCH3 is 1. The number of nitrogens with zero attached hydrogens (tertiary/aromatic N) is 2. The fourth-order valence-corrected chi connectivity index (χ4v) is 2.35. The Labute approximate surface area is 132 Å². The first kappa shape index (κ1) is 18.3. The van der Waals surface area contributed by atoms with Gasteiger partial charge in [0.05, 0.1) is 13.0 Å². The number of rotatable bonds is 3. The van der Waals surface area contributed by atoms with Crippen molar-refractivity contribution in [2.75, 3.05) is 33.8 Å². The van der Waals surface area contributed by atoms with E-state index in [9.17, 15) is 9.59 Å². The number of likely N-dealkylation sites (tertiary alicyclic amines) is 1. The molecule has 0 unspecified atom stereocenters. The molecule has 0 aromatic rings. The molecule has 0 bridgehead atoms. The van der Waals surface area contributed by atoms with Gasteiger partial charge in [-0.1, -0.05) is 0 Å². The Morgan fingerprint density at radius 2 is 1.86 bits per heavy atom. The first-order chi connectivity index (χ1) is 10.3. The topological polar surface area (TPSA) is 80.2 Å². The molecule has 1 rings (SSSR count). The van der Waals surface area contributed by atoms with Crippen molar-refractivity contribution < 1.29 is 19.1 Å². The van der Waals surface area contributed by atoms with Crippen molar-refractivity contribution in [3.05, 3.63) is 0 Å². The van der Waals surface area contributed by atoms with Crippen LogP contribution in [0.4, 0.5) is 0 Å². The molecular weight excluding hydrogens is 286 g/mol. The number of guanidine groups is 1. The van der Waals surface area contributed by atoms with Crippen LogP contribution in [0, 0.1) is 5.92 Å². The number of carbonyl (C=O) groups excluding carboxylic acids is 2. The largest absolute Gasteiger partial charge is 0.469 e. The standard InChI is InChI=1S/C15H27N3O4/c1-15(2,3)22-12(19)10-17-14(16-4)18-8-6-11(7-9-18)13(20)21-5/h11H,6-10H2,1-5H3,(H,16,17). The summed E-state index contributed by atoms with van der Waals surface area (Å²) in [5.74, 6) is 0.119. The zero-order valence-corrected chi connectivity index (χ0v) is 14.1. The summed E-state index contributed by atoms with van der Waals surface area (Å²) in [6.07, 6.45) is 1.44. The number of esters is 2. The van der Waals surface area contributed by atoms with Gasteiger partial charge in [-0.05, 0) is 33.6 Å². The lowest BCUT2D eigenvalue weighted by Crippen LogP contribution is -2.48. The Balaban J connectivity index is 2.44. The van der Waals surface area contributed by atoms with Crippen LogP contribution in [0.3, 0.4) is 0 Å². The van der Waals surface area contributed by atoms with Crippen molar-refractivity contribution >= 4 is 17.9 Å². The quantitative estimate of drug-likeness (QED) is 0.471. The molecule has 1 saturated heterocycles. The summed E-state index contributed by atoms with van der Waals surface area (Å²) in [6.45, 7) is 6.97. The van der Waals surface area contributed by atoms with Gasteiger partial charge in [0, 0.05) is 20.1 Å². The highest BCUT2D eigenvalue weighted by molar-refractivity contribution is 5.84. The molecule has 22 heavy (non-hydrogen) atoms. The van der Waals surface area contributed by atoms with Crippen molar-refractivity contribution in [1.29, 1.82) is 0 Å². The van der Waals surface area contributed by atoms with E-state index < -0.39 is 5.60 Å². The number of nitrogens with one attached hydrogen (secondary N) is 1. The molecule has 0 amide bonds. The summed E-state index contributed by atoms with van der Waals surface area (Å²) >= 11 is 0. The van der Waals surface area contributed by atoms with Crippen LogP contribution in [0.15, 0.2) is 4.99 Å². The number of aliphatic imine (C=N–C) groups is 1. The van der Waals surface area contributed by atoms with E-state index in [0.29, 0.717) is 19.0 Å². The van der Waals surface area contributed by atoms with E-state index in [-0.39, 0.29) is 24.4 Å². The minimum absolute atomic E-state index is 0.0507. The molecule has 1 heterocycles. The lowest BCUT2D eigenvalue weighted by atomic mass is 9.97. The van der Waals surface area contributed by atoms with Gasteiger partial charge >= 0.3 is 11.9 Å². The summed E-state index contributed by atoms with van der Waals surface area (Å²) in [6, 6.07) is 0. The molecule has 1 fully saturated rings. The molecule has 126 valence electrons. The Kier molecular flexibility index (Phi) is 6.64. The molecule has 0 aromatic carbocycles. The predicted octanol–water partition coefficient (Wildman–Crippen LogP) is 0.789. The Morgan fingerprint density at radius 3 is 2.32 bits per heavy atom. The lowest BCUT2D eigenvalue weighted by Gasteiger charge is -2.33. The fourth-order valence-electron chi connectivity index (χ4n) is 2.35. The van der Waals surface area contributed by atoms with Gasteiger partial charge < -0.3 is 19.7 Å². The van der Waals surface area contributed by atoms with E-state index in [1.54, 1.807) is 7.05 Å². The van der Waals surface area contributed by atoms with Gasteiger partial charge in [0.1, 0.15) is 12.1 Å². The van der Waals surface area contributed by atoms with Crippen LogP contribution in [0.5, 0.6) is 0 Å². The molecule has 0 aliphatic carbocycles. The number of hydrogen-bond donors (Lipinski definition) is 1. The van der Waals surface area contributed by atoms with Gasteiger partial charge in [-0.15, -0.1) is 0 Å². The van der Waals surface area contributed by atoms with E-state index in [4.69, 9.17) is 9.47 Å². The van der Waals surface area contributed by atoms with Crippen molar-refractivity contribution in [2.24, 2.45) is 10.9 Å². The molecule has 7 heteroatoms. The fraction of sp³-hybridized carbons (Fsp3) is 0.800. The molecule has 1 N–H and O–H groups in total. The SMILES string of the molecule is CN=C(NCC(=O)OC(C)(C)C)N1CCC(C(=O)OC)CC1. The van der Waals surface area contributed by atoms with Crippen molar-refractivity contribution in [2.45, 2.75) is 39.2 Å². The predicted molar refractivity (Wildman–Crippen MR) is 83.5 cm³/mol. The number of ether oxygens (including phenoxy) is 2. The van der Waals surface area contributed by atoms with Crippen LogP contribution in [0.2, 0.25) is 0 Å². The molecule has 7 nitrogen and oxygen atoms in total. The zero-order valence-electron chi connectivity index (χ0n) is 14.1. The van der Waals surface area contributed by atoms with E-state index in [1.807, 2.05) is 25.7 Å². The number of carbonyl (C=O) groups is 2. The summed E-state index contributed by atoms with van der Waals surface area (Å²) < 4.78 is 10.0. The molecule has 1 aliphatic heterocycles. The highest BCUT2D eigenvalue weighted by Crippen LogP contribution is 2.18. The molecular formula is C15H27N3O4. The van der Waals surface area contributed by atoms with Gasteiger partial charge in [-0.25, -0.2) is 0 Å². The summed E-state index contributed by atoms with van der Waals surface area (Å²) in [5, 5.41) is 3.00. The second-order valence-electron chi connectivity index (χ2n) is 6.27. The van der Waals surface area contributed by atoms with Gasteiger partial charge in [0.15, 0.2) is 5.96 Å². The lowest BCUT2D eigenvalue weighted by molar-refractivity contribution is -0.153. The van der Waals surface area contributed by atoms with E-state index >= 15 is 0 Å². The van der Waals surface area contributed by atoms with Crippen molar-refractivity contribution in [3.8, 4) is 0 Å². The highest BCUT2D eigenvalue weighted by atomic mass is 16.6. The van der Waals surface area contributed by atoms with Crippen LogP contribution < -0.4 is 5.32 Å². The van der Waals surface area contributed by atoms with Crippen molar-refractivity contribution in [1.82, 2.24) is 10.2 Å². The highest BCUT2D eigenvalue weighted by Gasteiger charge is 2.27.